The molecule has 2 aliphatic heterocycles. The molecule has 2 N–H and O–H groups in total. The summed E-state index contributed by atoms with van der Waals surface area (Å²) in [5, 5.41) is 13.5. The van der Waals surface area contributed by atoms with Gasteiger partial charge in [0.05, 0.1) is 12.5 Å². The summed E-state index contributed by atoms with van der Waals surface area (Å²) >= 11 is 6.09. The SMILES string of the molecule is COc1cc2oc(C(=O)N[C@H](Cc3ccc(Cl)cc3)C(=O)N3CCC(c4ccccc4CN4CCCC4=O)CC3)cc(=O)c2cc1O. The number of hydrogen-bond donors (Lipinski definition) is 2. The number of phenolic OH excluding ortho intramolecular Hbond substituents is 1. The number of nitrogens with zero attached hydrogens (tertiary/aromatic N) is 2. The van der Waals surface area contributed by atoms with Gasteiger partial charge in [-0.3, -0.25) is 19.2 Å². The molecule has 0 saturated carbocycles. The van der Waals surface area contributed by atoms with Gasteiger partial charge in [-0.15, -0.1) is 0 Å². The predicted octanol–water partition coefficient (Wildman–Crippen LogP) is 5.03. The van der Waals surface area contributed by atoms with Gasteiger partial charge in [-0.05, 0) is 60.1 Å². The van der Waals surface area contributed by atoms with Gasteiger partial charge in [-0.25, -0.2) is 0 Å². The highest BCUT2D eigenvalue weighted by atomic mass is 35.5. The van der Waals surface area contributed by atoms with E-state index in [2.05, 4.69) is 17.4 Å². The average Bonchev–Trinajstić information content (AvgIpc) is 3.49. The number of phenols is 1. The monoisotopic (exact) mass is 657 g/mol. The Hall–Kier alpha value is -4.83. The lowest BCUT2D eigenvalue weighted by atomic mass is 9.86. The Balaban J connectivity index is 1.19. The van der Waals surface area contributed by atoms with E-state index in [1.54, 1.807) is 29.2 Å². The van der Waals surface area contributed by atoms with E-state index >= 15 is 0 Å². The van der Waals surface area contributed by atoms with Gasteiger partial charge in [-0.1, -0.05) is 48.0 Å². The first-order valence-corrected chi connectivity index (χ1v) is 16.1. The Morgan fingerprint density at radius 2 is 1.79 bits per heavy atom. The van der Waals surface area contributed by atoms with Crippen LogP contribution in [0.15, 0.2) is 75.9 Å². The van der Waals surface area contributed by atoms with Crippen LogP contribution in [0, 0.1) is 0 Å². The van der Waals surface area contributed by atoms with Gasteiger partial charge in [0.25, 0.3) is 5.91 Å². The summed E-state index contributed by atoms with van der Waals surface area (Å²) in [5.41, 5.74) is 2.70. The third-order valence-corrected chi connectivity index (χ3v) is 9.30. The molecule has 1 atom stereocenters. The van der Waals surface area contributed by atoms with E-state index in [4.69, 9.17) is 20.8 Å². The summed E-state index contributed by atoms with van der Waals surface area (Å²) in [4.78, 5) is 56.3. The number of ether oxygens (including phenoxy) is 1. The second-order valence-corrected chi connectivity index (χ2v) is 12.5. The number of nitrogens with one attached hydrogen (secondary N) is 1. The molecule has 47 heavy (non-hydrogen) atoms. The molecular formula is C36H36ClN3O7. The third-order valence-electron chi connectivity index (χ3n) is 9.04. The molecule has 0 aliphatic carbocycles. The number of fused-ring (bicyclic) bond motifs is 1. The maximum Gasteiger partial charge on any atom is 0.287 e. The Bertz CT molecular complexity index is 1870. The van der Waals surface area contributed by atoms with Crippen LogP contribution in [0.2, 0.25) is 5.02 Å². The van der Waals surface area contributed by atoms with E-state index in [1.165, 1.54) is 24.8 Å². The summed E-state index contributed by atoms with van der Waals surface area (Å²) < 4.78 is 10.9. The molecule has 3 heterocycles. The number of carbonyl (C=O) groups excluding carboxylic acids is 3. The second-order valence-electron chi connectivity index (χ2n) is 12.1. The summed E-state index contributed by atoms with van der Waals surface area (Å²) in [7, 11) is 1.36. The molecule has 0 radical (unpaired) electrons. The molecule has 2 aliphatic rings. The van der Waals surface area contributed by atoms with E-state index in [0.717, 1.165) is 43.0 Å². The molecule has 3 aromatic carbocycles. The topological polar surface area (TPSA) is 129 Å². The van der Waals surface area contributed by atoms with Crippen molar-refractivity contribution in [2.75, 3.05) is 26.7 Å². The quantitative estimate of drug-likeness (QED) is 0.258. The standard InChI is InChI=1S/C36H36ClN3O7/c1-46-32-20-31-27(18-30(32)42)29(41)19-33(47-31)35(44)38-28(17-22-8-10-25(37)11-9-22)36(45)39-15-12-23(13-16-39)26-6-3-2-5-24(26)21-40-14-4-7-34(40)43/h2-3,5-6,8-11,18-20,23,28,42H,4,7,12-17,21H2,1H3,(H,38,44)/t28-/m1/s1. The zero-order valence-corrected chi connectivity index (χ0v) is 26.8. The normalized spacial score (nSPS) is 16.0. The lowest BCUT2D eigenvalue weighted by Gasteiger charge is -2.35. The van der Waals surface area contributed by atoms with E-state index in [-0.39, 0.29) is 52.4 Å². The zero-order chi connectivity index (χ0) is 33.1. The van der Waals surface area contributed by atoms with Crippen LogP contribution in [-0.4, -0.2) is 65.4 Å². The molecule has 244 valence electrons. The van der Waals surface area contributed by atoms with Crippen LogP contribution in [0.5, 0.6) is 11.5 Å². The number of carbonyl (C=O) groups is 3. The van der Waals surface area contributed by atoms with Crippen molar-refractivity contribution in [3.63, 3.8) is 0 Å². The largest absolute Gasteiger partial charge is 0.504 e. The molecule has 0 bridgehead atoms. The number of rotatable bonds is 9. The van der Waals surface area contributed by atoms with Crippen LogP contribution in [-0.2, 0) is 22.6 Å². The Morgan fingerprint density at radius 1 is 1.04 bits per heavy atom. The van der Waals surface area contributed by atoms with Gasteiger partial charge in [0.1, 0.15) is 11.6 Å². The number of likely N-dealkylation sites (tertiary alicyclic amines) is 2. The van der Waals surface area contributed by atoms with Crippen molar-refractivity contribution >= 4 is 40.3 Å². The van der Waals surface area contributed by atoms with E-state index in [9.17, 15) is 24.3 Å². The molecule has 11 heteroatoms. The Labute approximate surface area is 276 Å². The number of amides is 3. The maximum absolute atomic E-state index is 14.0. The highest BCUT2D eigenvalue weighted by molar-refractivity contribution is 6.30. The van der Waals surface area contributed by atoms with E-state index in [0.29, 0.717) is 31.1 Å². The minimum Gasteiger partial charge on any atom is -0.504 e. The molecule has 6 rings (SSSR count). The van der Waals surface area contributed by atoms with Gasteiger partial charge in [0, 0.05) is 56.2 Å². The fraction of sp³-hybridized carbons (Fsp3) is 0.333. The summed E-state index contributed by atoms with van der Waals surface area (Å²) in [6.45, 7) is 2.38. The first-order valence-electron chi connectivity index (χ1n) is 15.7. The molecular weight excluding hydrogens is 622 g/mol. The van der Waals surface area contributed by atoms with Crippen LogP contribution in [0.25, 0.3) is 11.0 Å². The zero-order valence-electron chi connectivity index (χ0n) is 26.0. The molecule has 2 saturated heterocycles. The minimum atomic E-state index is -0.941. The summed E-state index contributed by atoms with van der Waals surface area (Å²) in [6, 6.07) is 18.0. The van der Waals surface area contributed by atoms with Crippen molar-refractivity contribution in [2.24, 2.45) is 0 Å². The maximum atomic E-state index is 14.0. The molecule has 2 fully saturated rings. The highest BCUT2D eigenvalue weighted by Crippen LogP contribution is 2.33. The summed E-state index contributed by atoms with van der Waals surface area (Å²) in [6.07, 6.45) is 3.18. The van der Waals surface area contributed by atoms with E-state index in [1.807, 2.05) is 17.0 Å². The number of piperidine rings is 1. The third kappa shape index (κ3) is 7.12. The van der Waals surface area contributed by atoms with Crippen molar-refractivity contribution in [2.45, 2.75) is 50.6 Å². The molecule has 1 aromatic heterocycles. The smallest absolute Gasteiger partial charge is 0.287 e. The fourth-order valence-corrected chi connectivity index (χ4v) is 6.64. The van der Waals surface area contributed by atoms with Crippen LogP contribution in [0.1, 0.15) is 58.8 Å². The lowest BCUT2D eigenvalue weighted by molar-refractivity contribution is -0.134. The number of aromatic hydroxyl groups is 1. The highest BCUT2D eigenvalue weighted by Gasteiger charge is 2.32. The van der Waals surface area contributed by atoms with Crippen molar-refractivity contribution in [3.8, 4) is 11.5 Å². The van der Waals surface area contributed by atoms with Crippen LogP contribution in [0.3, 0.4) is 0 Å². The first kappa shape index (κ1) is 32.1. The first-order chi connectivity index (χ1) is 22.7. The molecule has 4 aromatic rings. The van der Waals surface area contributed by atoms with Crippen molar-refractivity contribution in [3.05, 3.63) is 104 Å². The Morgan fingerprint density at radius 3 is 2.49 bits per heavy atom. The summed E-state index contributed by atoms with van der Waals surface area (Å²) in [5.74, 6) is -0.940. The molecule has 0 spiro atoms. The predicted molar refractivity (Wildman–Crippen MR) is 177 cm³/mol. The molecule has 3 amide bonds. The second kappa shape index (κ2) is 13.9. The van der Waals surface area contributed by atoms with Gasteiger partial charge in [0.2, 0.25) is 11.8 Å². The number of benzene rings is 3. The van der Waals surface area contributed by atoms with Crippen molar-refractivity contribution in [1.29, 1.82) is 0 Å². The van der Waals surface area contributed by atoms with E-state index < -0.39 is 17.4 Å². The van der Waals surface area contributed by atoms with Crippen molar-refractivity contribution in [1.82, 2.24) is 15.1 Å². The number of halogens is 1. The van der Waals surface area contributed by atoms with Gasteiger partial charge in [0.15, 0.2) is 22.7 Å². The molecule has 0 unspecified atom stereocenters. The number of hydrogen-bond acceptors (Lipinski definition) is 7. The van der Waals surface area contributed by atoms with Gasteiger partial charge in [-0.2, -0.15) is 0 Å². The minimum absolute atomic E-state index is 0.0642. The van der Waals surface area contributed by atoms with Gasteiger partial charge < -0.3 is 29.4 Å². The average molecular weight is 658 g/mol. The van der Waals surface area contributed by atoms with Crippen LogP contribution < -0.4 is 15.5 Å². The number of methoxy groups -OCH3 is 1. The van der Waals surface area contributed by atoms with Crippen LogP contribution in [0.4, 0.5) is 0 Å². The molecule has 10 nitrogen and oxygen atoms in total. The Kier molecular flexibility index (Phi) is 9.49. The fourth-order valence-electron chi connectivity index (χ4n) is 6.52. The van der Waals surface area contributed by atoms with Gasteiger partial charge >= 0.3 is 0 Å². The lowest BCUT2D eigenvalue weighted by Crippen LogP contribution is -2.51. The van der Waals surface area contributed by atoms with Crippen LogP contribution >= 0.6 is 11.6 Å². The van der Waals surface area contributed by atoms with Crippen molar-refractivity contribution < 1.29 is 28.6 Å².